The van der Waals surface area contributed by atoms with E-state index in [4.69, 9.17) is 4.74 Å². The lowest BCUT2D eigenvalue weighted by atomic mass is 10.0. The minimum absolute atomic E-state index is 0.220. The van der Waals surface area contributed by atoms with Gasteiger partial charge in [0.15, 0.2) is 0 Å². The van der Waals surface area contributed by atoms with Gasteiger partial charge in [0.1, 0.15) is 11.8 Å². The maximum absolute atomic E-state index is 12.9. The van der Waals surface area contributed by atoms with Crippen LogP contribution in [0.5, 0.6) is 0 Å². The number of aromatic nitrogens is 2. The summed E-state index contributed by atoms with van der Waals surface area (Å²) in [6.07, 6.45) is 6.27. The first-order chi connectivity index (χ1) is 15.4. The Morgan fingerprint density at radius 2 is 1.94 bits per heavy atom. The van der Waals surface area contributed by atoms with Crippen molar-refractivity contribution in [3.8, 4) is 0 Å². The molecule has 1 aliphatic heterocycles. The summed E-state index contributed by atoms with van der Waals surface area (Å²) in [6, 6.07) is 5.02. The standard InChI is InChI=1S/C24H33N3O5/c1-3-4-5-10-18(28)14-16-32-15-7-9-17-8-6-11-19-22(17)26(2)24(31)27(19)20-12-13-21(29)25-23(20)30/h6,8,11,20H,3-5,7,9-10,12-16H2,1-2H3,(H,25,29,30). The predicted molar refractivity (Wildman–Crippen MR) is 122 cm³/mol. The maximum atomic E-state index is 12.9. The molecule has 1 atom stereocenters. The summed E-state index contributed by atoms with van der Waals surface area (Å²) in [5.41, 5.74) is 2.24. The van der Waals surface area contributed by atoms with Crippen LogP contribution < -0.4 is 11.0 Å². The number of imidazole rings is 1. The van der Waals surface area contributed by atoms with Gasteiger partial charge in [-0.15, -0.1) is 0 Å². The first-order valence-electron chi connectivity index (χ1n) is 11.6. The second-order valence-electron chi connectivity index (χ2n) is 8.43. The molecule has 1 unspecified atom stereocenters. The summed E-state index contributed by atoms with van der Waals surface area (Å²) in [5.74, 6) is -0.477. The quantitative estimate of drug-likeness (QED) is 0.402. The molecule has 174 valence electrons. The van der Waals surface area contributed by atoms with E-state index in [1.54, 1.807) is 11.6 Å². The van der Waals surface area contributed by atoms with Crippen LogP contribution in [-0.2, 0) is 32.6 Å². The van der Waals surface area contributed by atoms with Crippen molar-refractivity contribution in [1.29, 1.82) is 0 Å². The molecule has 3 rings (SSSR count). The molecule has 1 aliphatic rings. The van der Waals surface area contributed by atoms with Gasteiger partial charge in [0.05, 0.1) is 17.6 Å². The number of nitrogens with one attached hydrogen (secondary N) is 1. The zero-order chi connectivity index (χ0) is 23.1. The number of ketones is 1. The number of imide groups is 1. The number of hydrogen-bond donors (Lipinski definition) is 1. The number of unbranched alkanes of at least 4 members (excludes halogenated alkanes) is 2. The van der Waals surface area contributed by atoms with Crippen molar-refractivity contribution in [2.45, 2.75) is 70.8 Å². The Morgan fingerprint density at radius 3 is 2.69 bits per heavy atom. The predicted octanol–water partition coefficient (Wildman–Crippen LogP) is 2.81. The molecule has 1 aromatic heterocycles. The molecule has 0 aliphatic carbocycles. The largest absolute Gasteiger partial charge is 0.381 e. The molecular formula is C24H33N3O5. The third-order valence-electron chi connectivity index (χ3n) is 6.03. The second-order valence-corrected chi connectivity index (χ2v) is 8.43. The van der Waals surface area contributed by atoms with Crippen LogP contribution in [0.4, 0.5) is 0 Å². The average Bonchev–Trinajstić information content (AvgIpc) is 3.02. The lowest BCUT2D eigenvalue weighted by Crippen LogP contribution is -2.44. The van der Waals surface area contributed by atoms with Crippen molar-refractivity contribution in [2.75, 3.05) is 13.2 Å². The van der Waals surface area contributed by atoms with Crippen LogP contribution in [-0.4, -0.2) is 39.9 Å². The molecular weight excluding hydrogens is 410 g/mol. The minimum atomic E-state index is -0.683. The van der Waals surface area contributed by atoms with Crippen LogP contribution >= 0.6 is 0 Å². The number of hydrogen-bond acceptors (Lipinski definition) is 5. The van der Waals surface area contributed by atoms with Gasteiger partial charge in [-0.3, -0.25) is 28.8 Å². The summed E-state index contributed by atoms with van der Waals surface area (Å²) >= 11 is 0. The van der Waals surface area contributed by atoms with Crippen molar-refractivity contribution >= 4 is 28.6 Å². The Kier molecular flexibility index (Phi) is 8.39. The second kappa shape index (κ2) is 11.2. The van der Waals surface area contributed by atoms with Crippen LogP contribution in [0, 0.1) is 0 Å². The van der Waals surface area contributed by atoms with Crippen LogP contribution in [0.15, 0.2) is 23.0 Å². The van der Waals surface area contributed by atoms with Gasteiger partial charge in [0.2, 0.25) is 11.8 Å². The SMILES string of the molecule is CCCCCC(=O)CCOCCCc1cccc2c1n(C)c(=O)n2C1CCC(=O)NC1=O. The average molecular weight is 444 g/mol. The first kappa shape index (κ1) is 23.9. The van der Waals surface area contributed by atoms with Crippen molar-refractivity contribution < 1.29 is 19.1 Å². The number of ether oxygens (including phenoxy) is 1. The number of Topliss-reactive ketones (excluding diaryl/α,β-unsaturated/α-hetero) is 1. The van der Waals surface area contributed by atoms with Gasteiger partial charge >= 0.3 is 5.69 Å². The third kappa shape index (κ3) is 5.54. The van der Waals surface area contributed by atoms with Crippen molar-refractivity contribution in [3.63, 3.8) is 0 Å². The maximum Gasteiger partial charge on any atom is 0.329 e. The fraction of sp³-hybridized carbons (Fsp3) is 0.583. The Bertz CT molecular complexity index is 1040. The number of nitrogens with zero attached hydrogens (tertiary/aromatic N) is 2. The van der Waals surface area contributed by atoms with E-state index in [1.165, 1.54) is 4.57 Å². The highest BCUT2D eigenvalue weighted by molar-refractivity contribution is 6.00. The highest BCUT2D eigenvalue weighted by Gasteiger charge is 2.31. The van der Waals surface area contributed by atoms with Gasteiger partial charge < -0.3 is 4.74 Å². The fourth-order valence-corrected chi connectivity index (χ4v) is 4.30. The Hall–Kier alpha value is -2.74. The summed E-state index contributed by atoms with van der Waals surface area (Å²) in [4.78, 5) is 48.6. The Labute approximate surface area is 187 Å². The van der Waals surface area contributed by atoms with Crippen molar-refractivity contribution in [3.05, 3.63) is 34.2 Å². The topological polar surface area (TPSA) is 99.4 Å². The van der Waals surface area contributed by atoms with Crippen LogP contribution in [0.1, 0.15) is 69.9 Å². The Morgan fingerprint density at radius 1 is 1.12 bits per heavy atom. The van der Waals surface area contributed by atoms with E-state index in [9.17, 15) is 19.2 Å². The number of carbonyl (C=O) groups is 3. The van der Waals surface area contributed by atoms with Crippen LogP contribution in [0.3, 0.4) is 0 Å². The van der Waals surface area contributed by atoms with Crippen molar-refractivity contribution in [2.24, 2.45) is 7.05 Å². The van der Waals surface area contributed by atoms with Crippen LogP contribution in [0.25, 0.3) is 11.0 Å². The van der Waals surface area contributed by atoms with Gasteiger partial charge in [0.25, 0.3) is 0 Å². The molecule has 0 spiro atoms. The van der Waals surface area contributed by atoms with Gasteiger partial charge in [-0.1, -0.05) is 31.9 Å². The molecule has 2 amide bonds. The van der Waals surface area contributed by atoms with Gasteiger partial charge in [0, 0.05) is 32.9 Å². The number of piperidine rings is 1. The Balaban J connectivity index is 1.60. The summed E-state index contributed by atoms with van der Waals surface area (Å²) < 4.78 is 8.72. The van der Waals surface area contributed by atoms with E-state index >= 15 is 0 Å². The highest BCUT2D eigenvalue weighted by atomic mass is 16.5. The number of para-hydroxylation sites is 1. The molecule has 1 aromatic carbocycles. The zero-order valence-electron chi connectivity index (χ0n) is 19.0. The normalized spacial score (nSPS) is 16.5. The summed E-state index contributed by atoms with van der Waals surface area (Å²) in [5, 5.41) is 2.33. The summed E-state index contributed by atoms with van der Waals surface area (Å²) in [7, 11) is 1.71. The van der Waals surface area contributed by atoms with Gasteiger partial charge in [-0.2, -0.15) is 0 Å². The number of benzene rings is 1. The van der Waals surface area contributed by atoms with E-state index in [1.807, 2.05) is 18.2 Å². The molecule has 2 heterocycles. The van der Waals surface area contributed by atoms with Crippen molar-refractivity contribution in [1.82, 2.24) is 14.5 Å². The van der Waals surface area contributed by atoms with E-state index in [0.717, 1.165) is 36.8 Å². The van der Waals surface area contributed by atoms with E-state index < -0.39 is 11.9 Å². The molecule has 8 nitrogen and oxygen atoms in total. The first-order valence-corrected chi connectivity index (χ1v) is 11.6. The molecule has 32 heavy (non-hydrogen) atoms. The number of amides is 2. The molecule has 1 N–H and O–H groups in total. The molecule has 2 aromatic rings. The number of rotatable bonds is 12. The smallest absolute Gasteiger partial charge is 0.329 e. The van der Waals surface area contributed by atoms with Crippen LogP contribution in [0.2, 0.25) is 0 Å². The number of carbonyl (C=O) groups excluding carboxylic acids is 3. The highest BCUT2D eigenvalue weighted by Crippen LogP contribution is 2.25. The van der Waals surface area contributed by atoms with E-state index in [2.05, 4.69) is 12.2 Å². The van der Waals surface area contributed by atoms with Gasteiger partial charge in [-0.25, -0.2) is 4.79 Å². The third-order valence-corrected chi connectivity index (χ3v) is 6.03. The monoisotopic (exact) mass is 443 g/mol. The molecule has 0 radical (unpaired) electrons. The molecule has 1 fully saturated rings. The lowest BCUT2D eigenvalue weighted by Gasteiger charge is -2.21. The summed E-state index contributed by atoms with van der Waals surface area (Å²) in [6.45, 7) is 3.11. The fourth-order valence-electron chi connectivity index (χ4n) is 4.30. The molecule has 0 bridgehead atoms. The molecule has 1 saturated heterocycles. The number of fused-ring (bicyclic) bond motifs is 1. The molecule has 0 saturated carbocycles. The van der Waals surface area contributed by atoms with Gasteiger partial charge in [-0.05, 0) is 37.3 Å². The van der Waals surface area contributed by atoms with E-state index in [0.29, 0.717) is 44.4 Å². The zero-order valence-corrected chi connectivity index (χ0v) is 19.0. The minimum Gasteiger partial charge on any atom is -0.381 e. The number of aryl methyl sites for hydroxylation is 2. The lowest BCUT2D eigenvalue weighted by molar-refractivity contribution is -0.135. The molecule has 8 heteroatoms. The van der Waals surface area contributed by atoms with E-state index in [-0.39, 0.29) is 23.8 Å².